The second-order valence-electron chi connectivity index (χ2n) is 5.30. The first-order valence-electron chi connectivity index (χ1n) is 6.94. The fourth-order valence-electron chi connectivity index (χ4n) is 2.62. The van der Waals surface area contributed by atoms with E-state index in [0.717, 1.165) is 29.7 Å². The smallest absolute Gasteiger partial charge is 0.387 e. The first-order chi connectivity index (χ1) is 10.1. The number of anilines is 1. The van der Waals surface area contributed by atoms with E-state index in [-0.39, 0.29) is 5.75 Å². The molecule has 1 heterocycles. The van der Waals surface area contributed by atoms with Crippen LogP contribution in [0.25, 0.3) is 11.1 Å². The number of nitrogens with zero attached hydrogens (tertiary/aromatic N) is 2. The lowest BCUT2D eigenvalue weighted by atomic mass is 9.80. The number of alkyl halides is 2. The molecule has 1 aromatic carbocycles. The average Bonchev–Trinajstić information content (AvgIpc) is 2.64. The van der Waals surface area contributed by atoms with E-state index in [2.05, 4.69) is 9.84 Å². The first kappa shape index (κ1) is 13.9. The Morgan fingerprint density at radius 1 is 1.29 bits per heavy atom. The quantitative estimate of drug-likeness (QED) is 0.938. The second-order valence-corrected chi connectivity index (χ2v) is 5.30. The van der Waals surface area contributed by atoms with Gasteiger partial charge < -0.3 is 10.5 Å². The van der Waals surface area contributed by atoms with Crippen LogP contribution in [-0.2, 0) is 7.05 Å². The Morgan fingerprint density at radius 2 is 1.95 bits per heavy atom. The van der Waals surface area contributed by atoms with Crippen molar-refractivity contribution in [3.8, 4) is 16.9 Å². The van der Waals surface area contributed by atoms with Crippen molar-refractivity contribution in [2.45, 2.75) is 31.8 Å². The van der Waals surface area contributed by atoms with Crippen molar-refractivity contribution < 1.29 is 13.5 Å². The SMILES string of the molecule is Cn1nc(C2CCC2)c(-c2ccc(OC(F)F)cc2)c1N. The number of aryl methyl sites for hydroxylation is 1. The maximum atomic E-state index is 12.2. The number of halogens is 2. The van der Waals surface area contributed by atoms with Gasteiger partial charge in [0.2, 0.25) is 0 Å². The zero-order valence-corrected chi connectivity index (χ0v) is 11.7. The van der Waals surface area contributed by atoms with E-state index in [1.807, 2.05) is 7.05 Å². The van der Waals surface area contributed by atoms with Crippen molar-refractivity contribution in [2.75, 3.05) is 5.73 Å². The summed E-state index contributed by atoms with van der Waals surface area (Å²) < 4.78 is 30.4. The Morgan fingerprint density at radius 3 is 2.48 bits per heavy atom. The lowest BCUT2D eigenvalue weighted by Crippen LogP contribution is -2.10. The molecule has 0 amide bonds. The molecule has 3 rings (SSSR count). The monoisotopic (exact) mass is 293 g/mol. The highest BCUT2D eigenvalue weighted by molar-refractivity contribution is 5.77. The largest absolute Gasteiger partial charge is 0.435 e. The van der Waals surface area contributed by atoms with Crippen LogP contribution in [-0.4, -0.2) is 16.4 Å². The molecular formula is C15H17F2N3O. The number of ether oxygens (including phenoxy) is 1. The molecule has 0 saturated heterocycles. The highest BCUT2D eigenvalue weighted by Gasteiger charge is 2.27. The second kappa shape index (κ2) is 5.35. The van der Waals surface area contributed by atoms with Gasteiger partial charge in [-0.3, -0.25) is 4.68 Å². The van der Waals surface area contributed by atoms with Crippen LogP contribution in [0, 0.1) is 0 Å². The molecule has 1 aliphatic rings. The summed E-state index contributed by atoms with van der Waals surface area (Å²) in [7, 11) is 1.81. The summed E-state index contributed by atoms with van der Waals surface area (Å²) in [5, 5.41) is 4.52. The number of nitrogen functional groups attached to an aromatic ring is 1. The topological polar surface area (TPSA) is 53.1 Å². The third-order valence-electron chi connectivity index (χ3n) is 3.98. The third kappa shape index (κ3) is 2.57. The number of aromatic nitrogens is 2. The highest BCUT2D eigenvalue weighted by atomic mass is 19.3. The van der Waals surface area contributed by atoms with Gasteiger partial charge >= 0.3 is 6.61 Å². The maximum absolute atomic E-state index is 12.2. The number of hydrogen-bond acceptors (Lipinski definition) is 3. The van der Waals surface area contributed by atoms with E-state index >= 15 is 0 Å². The minimum absolute atomic E-state index is 0.140. The fraction of sp³-hybridized carbons (Fsp3) is 0.400. The van der Waals surface area contributed by atoms with Gasteiger partial charge in [0, 0.05) is 18.5 Å². The molecule has 4 nitrogen and oxygen atoms in total. The zero-order chi connectivity index (χ0) is 15.0. The molecule has 1 aliphatic carbocycles. The Labute approximate surface area is 121 Å². The molecule has 112 valence electrons. The summed E-state index contributed by atoms with van der Waals surface area (Å²) in [5.74, 6) is 1.18. The van der Waals surface area contributed by atoms with Crippen LogP contribution in [0.15, 0.2) is 24.3 Å². The molecule has 0 aliphatic heterocycles. The Kier molecular flexibility index (Phi) is 3.53. The summed E-state index contributed by atoms with van der Waals surface area (Å²) in [6.45, 7) is -2.81. The van der Waals surface area contributed by atoms with Gasteiger partial charge in [-0.2, -0.15) is 13.9 Å². The Balaban J connectivity index is 1.95. The average molecular weight is 293 g/mol. The van der Waals surface area contributed by atoms with E-state index < -0.39 is 6.61 Å². The highest BCUT2D eigenvalue weighted by Crippen LogP contribution is 2.42. The summed E-state index contributed by atoms with van der Waals surface area (Å²) in [5.41, 5.74) is 8.91. The van der Waals surface area contributed by atoms with Gasteiger partial charge in [0.1, 0.15) is 11.6 Å². The molecule has 1 saturated carbocycles. The van der Waals surface area contributed by atoms with Crippen molar-refractivity contribution in [1.29, 1.82) is 0 Å². The van der Waals surface area contributed by atoms with E-state index in [4.69, 9.17) is 5.73 Å². The van der Waals surface area contributed by atoms with Crippen LogP contribution >= 0.6 is 0 Å². The maximum Gasteiger partial charge on any atom is 0.387 e. The zero-order valence-electron chi connectivity index (χ0n) is 11.7. The minimum Gasteiger partial charge on any atom is -0.435 e. The standard InChI is InChI=1S/C15H17F2N3O/c1-20-14(18)12(13(19-20)10-3-2-4-10)9-5-7-11(8-6-9)21-15(16)17/h5-8,10,15H,2-4,18H2,1H3. The number of benzene rings is 1. The van der Waals surface area contributed by atoms with Crippen molar-refractivity contribution in [2.24, 2.45) is 7.05 Å². The number of nitrogens with two attached hydrogens (primary N) is 1. The van der Waals surface area contributed by atoms with Crippen LogP contribution < -0.4 is 10.5 Å². The number of hydrogen-bond donors (Lipinski definition) is 1. The molecule has 1 aromatic heterocycles. The van der Waals surface area contributed by atoms with Crippen LogP contribution in [0.2, 0.25) is 0 Å². The van der Waals surface area contributed by atoms with Gasteiger partial charge in [0.25, 0.3) is 0 Å². The van der Waals surface area contributed by atoms with Gasteiger partial charge in [0.05, 0.1) is 5.69 Å². The molecule has 21 heavy (non-hydrogen) atoms. The minimum atomic E-state index is -2.81. The third-order valence-corrected chi connectivity index (χ3v) is 3.98. The molecule has 1 fully saturated rings. The lowest BCUT2D eigenvalue weighted by Gasteiger charge is -2.24. The predicted octanol–water partition coefficient (Wildman–Crippen LogP) is 3.54. The molecular weight excluding hydrogens is 276 g/mol. The molecule has 0 atom stereocenters. The van der Waals surface area contributed by atoms with Crippen LogP contribution in [0.4, 0.5) is 14.6 Å². The molecule has 2 N–H and O–H groups in total. The van der Waals surface area contributed by atoms with Crippen molar-refractivity contribution >= 4 is 5.82 Å². The van der Waals surface area contributed by atoms with Crippen LogP contribution in [0.5, 0.6) is 5.75 Å². The lowest BCUT2D eigenvalue weighted by molar-refractivity contribution is -0.0498. The summed E-state index contributed by atoms with van der Waals surface area (Å²) in [6.07, 6.45) is 3.45. The molecule has 6 heteroatoms. The Hall–Kier alpha value is -2.11. The number of rotatable bonds is 4. The predicted molar refractivity (Wildman–Crippen MR) is 76.3 cm³/mol. The van der Waals surface area contributed by atoms with Gasteiger partial charge in [-0.1, -0.05) is 18.6 Å². The molecule has 2 aromatic rings. The van der Waals surface area contributed by atoms with Crippen LogP contribution in [0.3, 0.4) is 0 Å². The Bertz CT molecular complexity index is 633. The summed E-state index contributed by atoms with van der Waals surface area (Å²) >= 11 is 0. The van der Waals surface area contributed by atoms with Gasteiger partial charge in [-0.05, 0) is 30.5 Å². The summed E-state index contributed by atoms with van der Waals surface area (Å²) in [6, 6.07) is 6.54. The fourth-order valence-corrected chi connectivity index (χ4v) is 2.62. The molecule has 0 unspecified atom stereocenters. The van der Waals surface area contributed by atoms with E-state index in [0.29, 0.717) is 11.7 Å². The normalized spacial score (nSPS) is 15.2. The van der Waals surface area contributed by atoms with Crippen LogP contribution in [0.1, 0.15) is 30.9 Å². The molecule has 0 spiro atoms. The van der Waals surface area contributed by atoms with Crippen molar-refractivity contribution in [3.05, 3.63) is 30.0 Å². The van der Waals surface area contributed by atoms with Gasteiger partial charge in [0.15, 0.2) is 0 Å². The summed E-state index contributed by atoms with van der Waals surface area (Å²) in [4.78, 5) is 0. The molecule has 0 bridgehead atoms. The van der Waals surface area contributed by atoms with Gasteiger partial charge in [-0.15, -0.1) is 0 Å². The van der Waals surface area contributed by atoms with Crippen molar-refractivity contribution in [3.63, 3.8) is 0 Å². The molecule has 0 radical (unpaired) electrons. The van der Waals surface area contributed by atoms with Gasteiger partial charge in [-0.25, -0.2) is 0 Å². The van der Waals surface area contributed by atoms with E-state index in [1.165, 1.54) is 18.6 Å². The van der Waals surface area contributed by atoms with E-state index in [1.54, 1.807) is 16.8 Å². The van der Waals surface area contributed by atoms with E-state index in [9.17, 15) is 8.78 Å². The first-order valence-corrected chi connectivity index (χ1v) is 6.94. The van der Waals surface area contributed by atoms with Crippen molar-refractivity contribution in [1.82, 2.24) is 9.78 Å².